The molecule has 1 aliphatic rings. The number of hydrogen-bond acceptors (Lipinski definition) is 2. The molecule has 8 heavy (non-hydrogen) atoms. The van der Waals surface area contributed by atoms with Crippen LogP contribution in [0.3, 0.4) is 0 Å². The molecule has 0 aromatic rings. The molecule has 1 rings (SSSR count). The fraction of sp³-hybridized carbons (Fsp3) is 0.667. The lowest BCUT2D eigenvalue weighted by Crippen LogP contribution is -2.20. The average molecular weight is 113 g/mol. The molecule has 0 bridgehead atoms. The van der Waals surface area contributed by atoms with E-state index in [-0.39, 0.29) is 0 Å². The van der Waals surface area contributed by atoms with E-state index in [4.69, 9.17) is 4.74 Å². The molecule has 2 heteroatoms. The smallest absolute Gasteiger partial charge is 0.0941 e. The van der Waals surface area contributed by atoms with E-state index in [1.165, 1.54) is 0 Å². The molecule has 1 N–H and O–H groups in total. The van der Waals surface area contributed by atoms with Crippen LogP contribution in [-0.4, -0.2) is 20.2 Å². The zero-order valence-corrected chi connectivity index (χ0v) is 5.11. The van der Waals surface area contributed by atoms with Gasteiger partial charge < -0.3 is 10.1 Å². The van der Waals surface area contributed by atoms with Crippen LogP contribution < -0.4 is 5.32 Å². The molecule has 0 unspecified atom stereocenters. The molecule has 0 saturated carbocycles. The van der Waals surface area contributed by atoms with Crippen LogP contribution >= 0.6 is 0 Å². The number of methoxy groups -OCH3 is 1. The van der Waals surface area contributed by atoms with Gasteiger partial charge in [-0.2, -0.15) is 0 Å². The van der Waals surface area contributed by atoms with E-state index in [2.05, 4.69) is 11.4 Å². The van der Waals surface area contributed by atoms with Crippen molar-refractivity contribution in [3.63, 3.8) is 0 Å². The molecule has 0 amide bonds. The van der Waals surface area contributed by atoms with Gasteiger partial charge in [0.25, 0.3) is 0 Å². The summed E-state index contributed by atoms with van der Waals surface area (Å²) in [7, 11) is 1.72. The molecule has 1 heterocycles. The van der Waals surface area contributed by atoms with Crippen molar-refractivity contribution < 1.29 is 4.74 Å². The second kappa shape index (κ2) is 2.72. The highest BCUT2D eigenvalue weighted by molar-refractivity contribution is 4.98. The van der Waals surface area contributed by atoms with Gasteiger partial charge in [-0.05, 0) is 6.08 Å². The van der Waals surface area contributed by atoms with Gasteiger partial charge in [0.05, 0.1) is 12.9 Å². The lowest BCUT2D eigenvalue weighted by Gasteiger charge is -2.11. The summed E-state index contributed by atoms with van der Waals surface area (Å²) in [6.45, 7) is 2.02. The van der Waals surface area contributed by atoms with Crippen molar-refractivity contribution in [2.75, 3.05) is 20.2 Å². The Labute approximate surface area is 49.5 Å². The highest BCUT2D eigenvalue weighted by Crippen LogP contribution is 2.02. The van der Waals surface area contributed by atoms with Crippen LogP contribution in [0.4, 0.5) is 0 Å². The van der Waals surface area contributed by atoms with Gasteiger partial charge in [-0.15, -0.1) is 0 Å². The maximum Gasteiger partial charge on any atom is 0.0941 e. The summed E-state index contributed by atoms with van der Waals surface area (Å²) in [5.41, 5.74) is 0. The van der Waals surface area contributed by atoms with E-state index in [9.17, 15) is 0 Å². The van der Waals surface area contributed by atoms with Gasteiger partial charge in [-0.1, -0.05) is 0 Å². The molecule has 0 fully saturated rings. The van der Waals surface area contributed by atoms with Gasteiger partial charge in [0.15, 0.2) is 0 Å². The maximum absolute atomic E-state index is 5.01. The van der Waals surface area contributed by atoms with E-state index < -0.39 is 0 Å². The third-order valence-corrected chi connectivity index (χ3v) is 1.28. The van der Waals surface area contributed by atoms with E-state index in [0.29, 0.717) is 0 Å². The summed E-state index contributed by atoms with van der Waals surface area (Å²) >= 11 is 0. The van der Waals surface area contributed by atoms with Gasteiger partial charge >= 0.3 is 0 Å². The lowest BCUT2D eigenvalue weighted by atomic mass is 10.2. The Morgan fingerprint density at radius 3 is 3.00 bits per heavy atom. The van der Waals surface area contributed by atoms with E-state index in [1.54, 1.807) is 7.11 Å². The minimum atomic E-state index is 0.961. The van der Waals surface area contributed by atoms with Crippen LogP contribution in [0.25, 0.3) is 0 Å². The Balaban J connectivity index is 2.37. The summed E-state index contributed by atoms with van der Waals surface area (Å²) in [6.07, 6.45) is 3.11. The molecule has 46 valence electrons. The zero-order valence-electron chi connectivity index (χ0n) is 5.11. The Hall–Kier alpha value is -0.500. The van der Waals surface area contributed by atoms with Crippen LogP contribution in [0, 0.1) is 0 Å². The Morgan fingerprint density at radius 2 is 2.62 bits per heavy atom. The molecule has 2 nitrogen and oxygen atoms in total. The third kappa shape index (κ3) is 1.23. The van der Waals surface area contributed by atoms with Gasteiger partial charge in [-0.25, -0.2) is 0 Å². The monoisotopic (exact) mass is 113 g/mol. The van der Waals surface area contributed by atoms with Gasteiger partial charge in [-0.3, -0.25) is 0 Å². The topological polar surface area (TPSA) is 21.3 Å². The number of hydrogen-bond donors (Lipinski definition) is 1. The Kier molecular flexibility index (Phi) is 1.92. The predicted octanol–water partition coefficient (Wildman–Crippen LogP) is 0.510. The maximum atomic E-state index is 5.01. The standard InChI is InChI=1S/C6H11NO/c1-8-6-2-4-7-5-3-6/h2,7H,3-5H2,1H3. The molecule has 0 aliphatic carbocycles. The van der Waals surface area contributed by atoms with Gasteiger partial charge in [0.1, 0.15) is 0 Å². The fourth-order valence-corrected chi connectivity index (χ4v) is 0.787. The highest BCUT2D eigenvalue weighted by atomic mass is 16.5. The average Bonchev–Trinajstić information content (AvgIpc) is 1.90. The van der Waals surface area contributed by atoms with Crippen molar-refractivity contribution in [2.45, 2.75) is 6.42 Å². The van der Waals surface area contributed by atoms with Crippen LogP contribution in [-0.2, 0) is 4.74 Å². The van der Waals surface area contributed by atoms with Gasteiger partial charge in [0.2, 0.25) is 0 Å². The van der Waals surface area contributed by atoms with E-state index >= 15 is 0 Å². The SMILES string of the molecule is COC1=CCNCC1. The van der Waals surface area contributed by atoms with Gasteiger partial charge in [0, 0.05) is 19.5 Å². The van der Waals surface area contributed by atoms with Crippen molar-refractivity contribution in [1.29, 1.82) is 0 Å². The van der Waals surface area contributed by atoms with Crippen LogP contribution in [0.1, 0.15) is 6.42 Å². The predicted molar refractivity (Wildman–Crippen MR) is 32.6 cm³/mol. The van der Waals surface area contributed by atoms with Crippen LogP contribution in [0.15, 0.2) is 11.8 Å². The first-order valence-corrected chi connectivity index (χ1v) is 2.87. The van der Waals surface area contributed by atoms with Crippen LogP contribution in [0.2, 0.25) is 0 Å². The molecule has 0 atom stereocenters. The zero-order chi connectivity index (χ0) is 5.82. The van der Waals surface area contributed by atoms with E-state index in [0.717, 1.165) is 25.3 Å². The quantitative estimate of drug-likeness (QED) is 0.535. The summed E-state index contributed by atoms with van der Waals surface area (Å²) in [4.78, 5) is 0. The summed E-state index contributed by atoms with van der Waals surface area (Å²) in [6, 6.07) is 0. The fourth-order valence-electron chi connectivity index (χ4n) is 0.787. The third-order valence-electron chi connectivity index (χ3n) is 1.28. The first-order chi connectivity index (χ1) is 3.93. The second-order valence-electron chi connectivity index (χ2n) is 1.83. The summed E-state index contributed by atoms with van der Waals surface area (Å²) in [5, 5.41) is 3.19. The van der Waals surface area contributed by atoms with Crippen molar-refractivity contribution in [2.24, 2.45) is 0 Å². The largest absolute Gasteiger partial charge is 0.501 e. The Bertz CT molecular complexity index is 98.7. The molecule has 0 spiro atoms. The normalized spacial score (nSPS) is 19.9. The first-order valence-electron chi connectivity index (χ1n) is 2.87. The number of ether oxygens (including phenoxy) is 1. The first kappa shape index (κ1) is 5.63. The summed E-state index contributed by atoms with van der Waals surface area (Å²) in [5.74, 6) is 1.11. The van der Waals surface area contributed by atoms with Crippen molar-refractivity contribution >= 4 is 0 Å². The molecule has 1 aliphatic heterocycles. The summed E-state index contributed by atoms with van der Waals surface area (Å²) < 4.78 is 5.01. The van der Waals surface area contributed by atoms with Crippen molar-refractivity contribution in [1.82, 2.24) is 5.32 Å². The minimum absolute atomic E-state index is 0.961. The molecular formula is C6H11NO. The highest BCUT2D eigenvalue weighted by Gasteiger charge is 1.99. The second-order valence-corrected chi connectivity index (χ2v) is 1.83. The molecular weight excluding hydrogens is 102 g/mol. The van der Waals surface area contributed by atoms with Crippen molar-refractivity contribution in [3.05, 3.63) is 11.8 Å². The molecule has 0 saturated heterocycles. The molecule has 0 aromatic heterocycles. The molecule has 0 aromatic carbocycles. The van der Waals surface area contributed by atoms with Crippen molar-refractivity contribution in [3.8, 4) is 0 Å². The van der Waals surface area contributed by atoms with E-state index in [1.807, 2.05) is 0 Å². The number of nitrogens with one attached hydrogen (secondary N) is 1. The molecule has 0 radical (unpaired) electrons. The minimum Gasteiger partial charge on any atom is -0.501 e. The lowest BCUT2D eigenvalue weighted by molar-refractivity contribution is 0.269. The number of rotatable bonds is 1. The Morgan fingerprint density at radius 1 is 1.75 bits per heavy atom. The van der Waals surface area contributed by atoms with Crippen LogP contribution in [0.5, 0.6) is 0 Å².